The summed E-state index contributed by atoms with van der Waals surface area (Å²) in [6.45, 7) is 1.55. The van der Waals surface area contributed by atoms with E-state index in [-0.39, 0.29) is 17.2 Å². The molecule has 0 saturated carbocycles. The molecular weight excluding hydrogens is 252 g/mol. The van der Waals surface area contributed by atoms with E-state index in [2.05, 4.69) is 19.9 Å². The number of nitrogens with zero attached hydrogens (tertiary/aromatic N) is 3. The first-order chi connectivity index (χ1) is 9.06. The number of aromatic amines is 1. The van der Waals surface area contributed by atoms with Gasteiger partial charge in [0.15, 0.2) is 11.5 Å². The standard InChI is InChI=1S/C12H9F2N5/c1-5-2-6(8(14)3-7(5)13)11-18-9-10(15)16-4-17-12(9)19-11/h2-4H,1H3,(H3,15,16,17,18,19). The minimum absolute atomic E-state index is 0.163. The topological polar surface area (TPSA) is 80.5 Å². The molecule has 0 saturated heterocycles. The Kier molecular flexibility index (Phi) is 2.41. The number of aromatic nitrogens is 4. The average Bonchev–Trinajstić information content (AvgIpc) is 2.79. The Morgan fingerprint density at radius 3 is 2.68 bits per heavy atom. The van der Waals surface area contributed by atoms with E-state index in [1.165, 1.54) is 12.4 Å². The number of hydrogen-bond acceptors (Lipinski definition) is 4. The van der Waals surface area contributed by atoms with E-state index >= 15 is 0 Å². The van der Waals surface area contributed by atoms with Gasteiger partial charge in [-0.2, -0.15) is 0 Å². The van der Waals surface area contributed by atoms with Gasteiger partial charge in [-0.1, -0.05) is 0 Å². The molecule has 2 aromatic heterocycles. The zero-order chi connectivity index (χ0) is 13.6. The van der Waals surface area contributed by atoms with Crippen LogP contribution in [0.4, 0.5) is 14.6 Å². The van der Waals surface area contributed by atoms with Crippen molar-refractivity contribution in [3.05, 3.63) is 35.7 Å². The summed E-state index contributed by atoms with van der Waals surface area (Å²) >= 11 is 0. The van der Waals surface area contributed by atoms with Crippen molar-refractivity contribution in [3.63, 3.8) is 0 Å². The third-order valence-corrected chi connectivity index (χ3v) is 2.82. The summed E-state index contributed by atoms with van der Waals surface area (Å²) in [5, 5.41) is 0. The molecular formula is C12H9F2N5. The second-order valence-corrected chi connectivity index (χ2v) is 4.12. The van der Waals surface area contributed by atoms with E-state index in [0.717, 1.165) is 6.07 Å². The number of nitrogens with two attached hydrogens (primary N) is 1. The number of anilines is 1. The molecule has 96 valence electrons. The lowest BCUT2D eigenvalue weighted by Gasteiger charge is -2.02. The highest BCUT2D eigenvalue weighted by atomic mass is 19.1. The number of aryl methyl sites for hydroxylation is 1. The number of fused-ring (bicyclic) bond motifs is 1. The lowest BCUT2D eigenvalue weighted by atomic mass is 10.1. The van der Waals surface area contributed by atoms with Crippen LogP contribution < -0.4 is 5.73 Å². The smallest absolute Gasteiger partial charge is 0.183 e. The summed E-state index contributed by atoms with van der Waals surface area (Å²) in [4.78, 5) is 14.7. The van der Waals surface area contributed by atoms with E-state index in [9.17, 15) is 8.78 Å². The highest BCUT2D eigenvalue weighted by molar-refractivity contribution is 5.84. The highest BCUT2D eigenvalue weighted by Gasteiger charge is 2.14. The fourth-order valence-electron chi connectivity index (χ4n) is 1.81. The maximum absolute atomic E-state index is 13.8. The van der Waals surface area contributed by atoms with Crippen molar-refractivity contribution >= 4 is 17.0 Å². The molecule has 0 atom stereocenters. The lowest BCUT2D eigenvalue weighted by molar-refractivity contribution is 0.579. The molecule has 0 radical (unpaired) electrons. The Hall–Kier alpha value is -2.57. The Bertz CT molecular complexity index is 781. The molecule has 0 unspecified atom stereocenters. The van der Waals surface area contributed by atoms with E-state index in [1.54, 1.807) is 6.92 Å². The maximum Gasteiger partial charge on any atom is 0.183 e. The summed E-state index contributed by atoms with van der Waals surface area (Å²) in [5.41, 5.74) is 6.92. The Morgan fingerprint density at radius 1 is 1.16 bits per heavy atom. The van der Waals surface area contributed by atoms with Crippen LogP contribution in [0.25, 0.3) is 22.6 Å². The van der Waals surface area contributed by atoms with Gasteiger partial charge in [-0.15, -0.1) is 0 Å². The van der Waals surface area contributed by atoms with Crippen molar-refractivity contribution in [3.8, 4) is 11.4 Å². The molecule has 0 amide bonds. The van der Waals surface area contributed by atoms with Crippen molar-refractivity contribution < 1.29 is 8.78 Å². The number of H-pyrrole nitrogens is 1. The van der Waals surface area contributed by atoms with Crippen LogP contribution in [0.3, 0.4) is 0 Å². The van der Waals surface area contributed by atoms with Gasteiger partial charge in [-0.05, 0) is 18.6 Å². The summed E-state index contributed by atoms with van der Waals surface area (Å²) in [7, 11) is 0. The normalized spacial score (nSPS) is 11.1. The minimum Gasteiger partial charge on any atom is -0.382 e. The van der Waals surface area contributed by atoms with Gasteiger partial charge >= 0.3 is 0 Å². The molecule has 0 aliphatic heterocycles. The largest absolute Gasteiger partial charge is 0.382 e. The second-order valence-electron chi connectivity index (χ2n) is 4.12. The molecule has 0 spiro atoms. The van der Waals surface area contributed by atoms with Crippen molar-refractivity contribution in [1.82, 2.24) is 19.9 Å². The first-order valence-electron chi connectivity index (χ1n) is 5.48. The molecule has 3 N–H and O–H groups in total. The van der Waals surface area contributed by atoms with Gasteiger partial charge in [0, 0.05) is 6.07 Å². The van der Waals surface area contributed by atoms with Crippen LogP contribution in [0.2, 0.25) is 0 Å². The van der Waals surface area contributed by atoms with Gasteiger partial charge < -0.3 is 10.7 Å². The van der Waals surface area contributed by atoms with Crippen molar-refractivity contribution in [2.45, 2.75) is 6.92 Å². The van der Waals surface area contributed by atoms with Crippen LogP contribution in [0.1, 0.15) is 5.56 Å². The monoisotopic (exact) mass is 261 g/mol. The number of halogens is 2. The Balaban J connectivity index is 2.25. The number of rotatable bonds is 1. The number of nitrogen functional groups attached to an aromatic ring is 1. The van der Waals surface area contributed by atoms with Gasteiger partial charge in [0.05, 0.1) is 5.56 Å². The Labute approximate surface area is 106 Å². The zero-order valence-corrected chi connectivity index (χ0v) is 9.91. The quantitative estimate of drug-likeness (QED) is 0.703. The zero-order valence-electron chi connectivity index (χ0n) is 9.91. The molecule has 19 heavy (non-hydrogen) atoms. The number of imidazole rings is 1. The molecule has 3 aromatic rings. The van der Waals surface area contributed by atoms with Crippen LogP contribution in [0.15, 0.2) is 18.5 Å². The van der Waals surface area contributed by atoms with Gasteiger partial charge in [0.2, 0.25) is 0 Å². The number of nitrogens with one attached hydrogen (secondary N) is 1. The summed E-state index contributed by atoms with van der Waals surface area (Å²) in [5.74, 6) is -0.837. The van der Waals surface area contributed by atoms with E-state index in [0.29, 0.717) is 16.7 Å². The first kappa shape index (κ1) is 11.5. The number of benzene rings is 1. The fraction of sp³-hybridized carbons (Fsp3) is 0.0833. The van der Waals surface area contributed by atoms with Crippen LogP contribution in [0, 0.1) is 18.6 Å². The molecule has 0 bridgehead atoms. The van der Waals surface area contributed by atoms with Gasteiger partial charge in [-0.3, -0.25) is 0 Å². The lowest BCUT2D eigenvalue weighted by Crippen LogP contribution is -1.92. The summed E-state index contributed by atoms with van der Waals surface area (Å²) in [6.07, 6.45) is 1.27. The molecule has 0 aliphatic carbocycles. The third kappa shape index (κ3) is 1.79. The van der Waals surface area contributed by atoms with Crippen molar-refractivity contribution in [1.29, 1.82) is 0 Å². The minimum atomic E-state index is -0.700. The van der Waals surface area contributed by atoms with Gasteiger partial charge in [-0.25, -0.2) is 23.7 Å². The van der Waals surface area contributed by atoms with Crippen molar-refractivity contribution in [2.24, 2.45) is 0 Å². The maximum atomic E-state index is 13.8. The van der Waals surface area contributed by atoms with Gasteiger partial charge in [0.1, 0.15) is 29.3 Å². The molecule has 7 heteroatoms. The van der Waals surface area contributed by atoms with E-state index < -0.39 is 11.6 Å². The molecule has 3 rings (SSSR count). The molecule has 2 heterocycles. The molecule has 1 aromatic carbocycles. The van der Waals surface area contributed by atoms with Crippen LogP contribution >= 0.6 is 0 Å². The Morgan fingerprint density at radius 2 is 1.95 bits per heavy atom. The predicted molar refractivity (Wildman–Crippen MR) is 66.2 cm³/mol. The first-order valence-corrected chi connectivity index (χ1v) is 5.48. The molecule has 0 aliphatic rings. The predicted octanol–water partition coefficient (Wildman–Crippen LogP) is 2.19. The van der Waals surface area contributed by atoms with E-state index in [4.69, 9.17) is 5.73 Å². The second kappa shape index (κ2) is 3.98. The van der Waals surface area contributed by atoms with Crippen molar-refractivity contribution in [2.75, 3.05) is 5.73 Å². The van der Waals surface area contributed by atoms with Crippen LogP contribution in [-0.2, 0) is 0 Å². The van der Waals surface area contributed by atoms with Crippen LogP contribution in [-0.4, -0.2) is 19.9 Å². The number of hydrogen-bond donors (Lipinski definition) is 2. The third-order valence-electron chi connectivity index (χ3n) is 2.82. The SMILES string of the molecule is Cc1cc(-c2nc3ncnc(N)c3[nH]2)c(F)cc1F. The summed E-state index contributed by atoms with van der Waals surface area (Å²) < 4.78 is 27.0. The highest BCUT2D eigenvalue weighted by Crippen LogP contribution is 2.25. The molecule has 0 fully saturated rings. The van der Waals surface area contributed by atoms with Crippen LogP contribution in [0.5, 0.6) is 0 Å². The van der Waals surface area contributed by atoms with E-state index in [1.807, 2.05) is 0 Å². The van der Waals surface area contributed by atoms with Gasteiger partial charge in [0.25, 0.3) is 0 Å². The average molecular weight is 261 g/mol. The fourth-order valence-corrected chi connectivity index (χ4v) is 1.81. The molecule has 5 nitrogen and oxygen atoms in total. The summed E-state index contributed by atoms with van der Waals surface area (Å²) in [6, 6.07) is 2.21.